The number of nitrogens with zero attached hydrogens (tertiary/aromatic N) is 1. The Bertz CT molecular complexity index is 459. The molecule has 1 amide bonds. The van der Waals surface area contributed by atoms with Crippen LogP contribution in [0.3, 0.4) is 0 Å². The summed E-state index contributed by atoms with van der Waals surface area (Å²) < 4.78 is 0. The summed E-state index contributed by atoms with van der Waals surface area (Å²) in [6.45, 7) is 5.44. The van der Waals surface area contributed by atoms with E-state index in [1.165, 1.54) is 11.3 Å². The van der Waals surface area contributed by atoms with Crippen LogP contribution in [0.4, 0.5) is 5.69 Å². The van der Waals surface area contributed by atoms with E-state index in [-0.39, 0.29) is 18.0 Å². The lowest BCUT2D eigenvalue weighted by molar-refractivity contribution is -0.121. The van der Waals surface area contributed by atoms with Crippen LogP contribution in [-0.2, 0) is 11.2 Å². The number of nitrogens with two attached hydrogens (primary N) is 1. The summed E-state index contributed by atoms with van der Waals surface area (Å²) in [4.78, 5) is 14.3. The first-order chi connectivity index (χ1) is 9.61. The molecule has 1 aliphatic rings. The standard InChI is InChI=1S/C16H25N3O/c1-12(2)18-16(20)10-14(11-17)19-9-5-7-13-6-3-4-8-15(13)19/h3-4,6,8,12,14H,5,7,9-11,17H2,1-2H3,(H,18,20). The third-order valence-electron chi connectivity index (χ3n) is 3.73. The summed E-state index contributed by atoms with van der Waals surface area (Å²) in [7, 11) is 0. The van der Waals surface area contributed by atoms with Crippen molar-refractivity contribution in [3.8, 4) is 0 Å². The van der Waals surface area contributed by atoms with Gasteiger partial charge in [-0.2, -0.15) is 0 Å². The molecular weight excluding hydrogens is 250 g/mol. The van der Waals surface area contributed by atoms with Gasteiger partial charge in [0.05, 0.1) is 0 Å². The average molecular weight is 275 g/mol. The van der Waals surface area contributed by atoms with E-state index in [2.05, 4.69) is 34.5 Å². The Kier molecular flexibility index (Phi) is 5.01. The minimum absolute atomic E-state index is 0.0789. The number of carbonyl (C=O) groups is 1. The van der Waals surface area contributed by atoms with Gasteiger partial charge in [0.2, 0.25) is 5.91 Å². The summed E-state index contributed by atoms with van der Waals surface area (Å²) in [6.07, 6.45) is 2.70. The zero-order valence-corrected chi connectivity index (χ0v) is 12.4. The smallest absolute Gasteiger partial charge is 0.222 e. The maximum absolute atomic E-state index is 12.0. The van der Waals surface area contributed by atoms with Crippen molar-refractivity contribution in [2.24, 2.45) is 5.73 Å². The molecule has 0 bridgehead atoms. The van der Waals surface area contributed by atoms with Crippen molar-refractivity contribution in [1.82, 2.24) is 5.32 Å². The Balaban J connectivity index is 2.11. The van der Waals surface area contributed by atoms with Gasteiger partial charge in [-0.3, -0.25) is 4.79 Å². The normalized spacial score (nSPS) is 15.9. The summed E-state index contributed by atoms with van der Waals surface area (Å²) >= 11 is 0. The molecule has 1 unspecified atom stereocenters. The number of carbonyl (C=O) groups excluding carboxylic acids is 1. The van der Waals surface area contributed by atoms with Crippen LogP contribution in [0.1, 0.15) is 32.3 Å². The van der Waals surface area contributed by atoms with E-state index in [9.17, 15) is 4.79 Å². The molecule has 110 valence electrons. The van der Waals surface area contributed by atoms with Gasteiger partial charge in [-0.15, -0.1) is 0 Å². The van der Waals surface area contributed by atoms with E-state index in [1.807, 2.05) is 13.8 Å². The highest BCUT2D eigenvalue weighted by atomic mass is 16.1. The Morgan fingerprint density at radius 1 is 1.40 bits per heavy atom. The molecule has 3 N–H and O–H groups in total. The van der Waals surface area contributed by atoms with E-state index in [4.69, 9.17) is 5.73 Å². The molecule has 0 aromatic heterocycles. The van der Waals surface area contributed by atoms with Crippen LogP contribution in [0.25, 0.3) is 0 Å². The highest BCUT2D eigenvalue weighted by Gasteiger charge is 2.25. The molecule has 0 fully saturated rings. The second-order valence-corrected chi connectivity index (χ2v) is 5.74. The largest absolute Gasteiger partial charge is 0.367 e. The first-order valence-corrected chi connectivity index (χ1v) is 7.45. The van der Waals surface area contributed by atoms with Crippen LogP contribution in [0.2, 0.25) is 0 Å². The molecule has 4 heteroatoms. The quantitative estimate of drug-likeness (QED) is 0.859. The fraction of sp³-hybridized carbons (Fsp3) is 0.562. The van der Waals surface area contributed by atoms with Gasteiger partial charge in [-0.25, -0.2) is 0 Å². The molecule has 0 spiro atoms. The van der Waals surface area contributed by atoms with Gasteiger partial charge in [0, 0.05) is 37.3 Å². The van der Waals surface area contributed by atoms with Crippen molar-refractivity contribution in [3.63, 3.8) is 0 Å². The summed E-state index contributed by atoms with van der Waals surface area (Å²) in [5.41, 5.74) is 8.52. The lowest BCUT2D eigenvalue weighted by atomic mass is 9.99. The molecule has 1 aromatic rings. The van der Waals surface area contributed by atoms with E-state index in [0.29, 0.717) is 13.0 Å². The van der Waals surface area contributed by atoms with Crippen LogP contribution in [0.15, 0.2) is 24.3 Å². The molecule has 0 radical (unpaired) electrons. The SMILES string of the molecule is CC(C)NC(=O)CC(CN)N1CCCc2ccccc21. The molecule has 1 heterocycles. The van der Waals surface area contributed by atoms with Gasteiger partial charge in [-0.1, -0.05) is 18.2 Å². The number of rotatable bonds is 5. The number of fused-ring (bicyclic) bond motifs is 1. The predicted octanol–water partition coefficient (Wildman–Crippen LogP) is 1.68. The number of para-hydroxylation sites is 1. The molecule has 4 nitrogen and oxygen atoms in total. The van der Waals surface area contributed by atoms with Crippen molar-refractivity contribution >= 4 is 11.6 Å². The second kappa shape index (κ2) is 6.75. The topological polar surface area (TPSA) is 58.4 Å². The van der Waals surface area contributed by atoms with E-state index >= 15 is 0 Å². The maximum Gasteiger partial charge on any atom is 0.222 e. The van der Waals surface area contributed by atoms with Crippen LogP contribution >= 0.6 is 0 Å². The number of anilines is 1. The Hall–Kier alpha value is -1.55. The zero-order chi connectivity index (χ0) is 14.5. The van der Waals surface area contributed by atoms with E-state index < -0.39 is 0 Å². The van der Waals surface area contributed by atoms with Gasteiger partial charge in [0.25, 0.3) is 0 Å². The van der Waals surface area contributed by atoms with E-state index in [1.54, 1.807) is 0 Å². The number of amides is 1. The first-order valence-electron chi connectivity index (χ1n) is 7.45. The van der Waals surface area contributed by atoms with Gasteiger partial charge in [0.15, 0.2) is 0 Å². The van der Waals surface area contributed by atoms with Gasteiger partial charge >= 0.3 is 0 Å². The molecule has 0 aliphatic carbocycles. The minimum Gasteiger partial charge on any atom is -0.367 e. The van der Waals surface area contributed by atoms with Crippen molar-refractivity contribution in [3.05, 3.63) is 29.8 Å². The molecule has 1 atom stereocenters. The van der Waals surface area contributed by atoms with Gasteiger partial charge < -0.3 is 16.0 Å². The summed E-state index contributed by atoms with van der Waals surface area (Å²) in [5, 5.41) is 2.95. The van der Waals surface area contributed by atoms with Crippen LogP contribution in [0.5, 0.6) is 0 Å². The highest BCUT2D eigenvalue weighted by Crippen LogP contribution is 2.28. The van der Waals surface area contributed by atoms with Crippen molar-refractivity contribution in [2.45, 2.75) is 45.2 Å². The lowest BCUT2D eigenvalue weighted by Crippen LogP contribution is -2.47. The first kappa shape index (κ1) is 14.9. The Morgan fingerprint density at radius 3 is 2.85 bits per heavy atom. The molecule has 0 saturated heterocycles. The number of hydrogen-bond donors (Lipinski definition) is 2. The van der Waals surface area contributed by atoms with Crippen molar-refractivity contribution < 1.29 is 4.79 Å². The third kappa shape index (κ3) is 3.51. The van der Waals surface area contributed by atoms with Crippen molar-refractivity contribution in [1.29, 1.82) is 0 Å². The van der Waals surface area contributed by atoms with Crippen LogP contribution in [0, 0.1) is 0 Å². The number of aryl methyl sites for hydroxylation is 1. The van der Waals surface area contributed by atoms with Gasteiger partial charge in [0.1, 0.15) is 0 Å². The molecule has 1 aliphatic heterocycles. The fourth-order valence-electron chi connectivity index (χ4n) is 2.86. The van der Waals surface area contributed by atoms with Crippen LogP contribution < -0.4 is 16.0 Å². The minimum atomic E-state index is 0.0789. The fourth-order valence-corrected chi connectivity index (χ4v) is 2.86. The number of nitrogens with one attached hydrogen (secondary N) is 1. The molecular formula is C16H25N3O. The average Bonchev–Trinajstić information content (AvgIpc) is 2.43. The second-order valence-electron chi connectivity index (χ2n) is 5.74. The van der Waals surface area contributed by atoms with Gasteiger partial charge in [-0.05, 0) is 38.3 Å². The highest BCUT2D eigenvalue weighted by molar-refractivity contribution is 5.77. The summed E-state index contributed by atoms with van der Waals surface area (Å²) in [6, 6.07) is 8.69. The predicted molar refractivity (Wildman–Crippen MR) is 82.8 cm³/mol. The zero-order valence-electron chi connectivity index (χ0n) is 12.4. The lowest BCUT2D eigenvalue weighted by Gasteiger charge is -2.37. The molecule has 1 aromatic carbocycles. The van der Waals surface area contributed by atoms with E-state index in [0.717, 1.165) is 19.4 Å². The maximum atomic E-state index is 12.0. The molecule has 20 heavy (non-hydrogen) atoms. The monoisotopic (exact) mass is 275 g/mol. The van der Waals surface area contributed by atoms with Crippen molar-refractivity contribution in [2.75, 3.05) is 18.0 Å². The Labute approximate surface area is 121 Å². The molecule has 2 rings (SSSR count). The number of benzene rings is 1. The summed E-state index contributed by atoms with van der Waals surface area (Å²) in [5.74, 6) is 0.0819. The Morgan fingerprint density at radius 2 is 2.15 bits per heavy atom. The third-order valence-corrected chi connectivity index (χ3v) is 3.73. The van der Waals surface area contributed by atoms with Crippen LogP contribution in [-0.4, -0.2) is 31.1 Å². The number of hydrogen-bond acceptors (Lipinski definition) is 3. The molecule has 0 saturated carbocycles.